The summed E-state index contributed by atoms with van der Waals surface area (Å²) in [5.74, 6) is 2.67. The Labute approximate surface area is 90.4 Å². The van der Waals surface area contributed by atoms with Gasteiger partial charge in [-0.05, 0) is 18.8 Å². The van der Waals surface area contributed by atoms with Gasteiger partial charge < -0.3 is 15.7 Å². The van der Waals surface area contributed by atoms with Gasteiger partial charge >= 0.3 is 0 Å². The lowest BCUT2D eigenvalue weighted by Gasteiger charge is -2.35. The first-order valence-corrected chi connectivity index (χ1v) is 5.16. The fourth-order valence-corrected chi connectivity index (χ4v) is 1.82. The molecule has 0 heterocycles. The van der Waals surface area contributed by atoms with Gasteiger partial charge in [-0.3, -0.25) is 4.79 Å². The van der Waals surface area contributed by atoms with E-state index in [2.05, 4.69) is 5.92 Å². The van der Waals surface area contributed by atoms with Gasteiger partial charge in [-0.2, -0.15) is 0 Å². The van der Waals surface area contributed by atoms with E-state index in [0.717, 1.165) is 12.8 Å². The third kappa shape index (κ3) is 3.22. The van der Waals surface area contributed by atoms with Gasteiger partial charge in [0.15, 0.2) is 0 Å². The van der Waals surface area contributed by atoms with E-state index in [9.17, 15) is 4.79 Å². The Kier molecular flexibility index (Phi) is 4.13. The molecule has 0 radical (unpaired) electrons. The summed E-state index contributed by atoms with van der Waals surface area (Å²) >= 11 is 0. The predicted molar refractivity (Wildman–Crippen MR) is 57.8 cm³/mol. The van der Waals surface area contributed by atoms with Crippen LogP contribution in [0.15, 0.2) is 0 Å². The van der Waals surface area contributed by atoms with E-state index >= 15 is 0 Å². The van der Waals surface area contributed by atoms with Crippen molar-refractivity contribution in [3.05, 3.63) is 0 Å². The summed E-state index contributed by atoms with van der Waals surface area (Å²) in [5, 5.41) is 9.11. The van der Waals surface area contributed by atoms with Crippen LogP contribution in [-0.2, 0) is 4.79 Å². The number of aliphatic hydroxyl groups is 1. The number of likely N-dealkylation sites (N-methyl/N-ethyl adjacent to an activating group) is 1. The summed E-state index contributed by atoms with van der Waals surface area (Å²) in [4.78, 5) is 13.2. The van der Waals surface area contributed by atoms with Gasteiger partial charge in [0.25, 0.3) is 0 Å². The van der Waals surface area contributed by atoms with E-state index in [4.69, 9.17) is 17.3 Å². The fraction of sp³-hybridized carbons (Fsp3) is 0.727. The monoisotopic (exact) mass is 210 g/mol. The highest BCUT2D eigenvalue weighted by Gasteiger charge is 2.29. The summed E-state index contributed by atoms with van der Waals surface area (Å²) < 4.78 is 0. The lowest BCUT2D eigenvalue weighted by atomic mass is 9.82. The van der Waals surface area contributed by atoms with Gasteiger partial charge in [-0.1, -0.05) is 0 Å². The van der Waals surface area contributed by atoms with Crippen LogP contribution in [0.1, 0.15) is 19.3 Å². The first-order chi connectivity index (χ1) is 7.04. The maximum atomic E-state index is 11.6. The molecule has 1 aliphatic carbocycles. The average Bonchev–Trinajstić information content (AvgIpc) is 2.14. The molecule has 15 heavy (non-hydrogen) atoms. The van der Waals surface area contributed by atoms with Crippen molar-refractivity contribution in [3.8, 4) is 12.3 Å². The summed E-state index contributed by atoms with van der Waals surface area (Å²) in [6, 6.07) is -0.593. The first kappa shape index (κ1) is 12.0. The molecule has 0 aromatic carbocycles. The minimum atomic E-state index is -0.593. The van der Waals surface area contributed by atoms with Crippen LogP contribution in [0.3, 0.4) is 0 Å². The van der Waals surface area contributed by atoms with Crippen molar-refractivity contribution in [3.63, 3.8) is 0 Å². The summed E-state index contributed by atoms with van der Waals surface area (Å²) in [7, 11) is 1.73. The van der Waals surface area contributed by atoms with E-state index in [1.165, 1.54) is 0 Å². The van der Waals surface area contributed by atoms with Gasteiger partial charge in [0.05, 0.1) is 12.1 Å². The Morgan fingerprint density at radius 2 is 2.33 bits per heavy atom. The van der Waals surface area contributed by atoms with Crippen LogP contribution in [-0.4, -0.2) is 41.7 Å². The maximum Gasteiger partial charge on any atom is 0.240 e. The SMILES string of the molecule is C#CCC(N)C(=O)N(C)CC1CC(O)C1. The van der Waals surface area contributed by atoms with Crippen molar-refractivity contribution in [2.75, 3.05) is 13.6 Å². The number of carbonyl (C=O) groups excluding carboxylic acids is 1. The zero-order chi connectivity index (χ0) is 11.4. The van der Waals surface area contributed by atoms with Crippen LogP contribution in [0.2, 0.25) is 0 Å². The highest BCUT2D eigenvalue weighted by molar-refractivity contribution is 5.81. The molecule has 1 amide bonds. The number of nitrogens with zero attached hydrogens (tertiary/aromatic N) is 1. The van der Waals surface area contributed by atoms with Gasteiger partial charge in [-0.25, -0.2) is 0 Å². The number of rotatable bonds is 4. The molecule has 1 rings (SSSR count). The van der Waals surface area contributed by atoms with Crippen LogP contribution in [0.25, 0.3) is 0 Å². The molecule has 1 atom stereocenters. The average molecular weight is 210 g/mol. The molecule has 0 aromatic heterocycles. The van der Waals surface area contributed by atoms with Crippen LogP contribution in [0.4, 0.5) is 0 Å². The summed E-state index contributed by atoms with van der Waals surface area (Å²) in [5.41, 5.74) is 5.61. The molecule has 84 valence electrons. The number of nitrogens with two attached hydrogens (primary N) is 1. The van der Waals surface area contributed by atoms with Crippen molar-refractivity contribution in [1.29, 1.82) is 0 Å². The van der Waals surface area contributed by atoms with E-state index in [0.29, 0.717) is 12.5 Å². The molecule has 3 N–H and O–H groups in total. The molecule has 0 aliphatic heterocycles. The Hall–Kier alpha value is -1.05. The van der Waals surface area contributed by atoms with Crippen molar-refractivity contribution < 1.29 is 9.90 Å². The highest BCUT2D eigenvalue weighted by atomic mass is 16.3. The number of amides is 1. The van der Waals surface area contributed by atoms with Gasteiger partial charge in [-0.15, -0.1) is 12.3 Å². The largest absolute Gasteiger partial charge is 0.393 e. The van der Waals surface area contributed by atoms with E-state index < -0.39 is 6.04 Å². The number of terminal acetylenes is 1. The molecule has 0 aromatic rings. The topological polar surface area (TPSA) is 66.6 Å². The zero-order valence-electron chi connectivity index (χ0n) is 9.02. The molecule has 4 nitrogen and oxygen atoms in total. The van der Waals surface area contributed by atoms with Crippen molar-refractivity contribution in [2.24, 2.45) is 11.7 Å². The second kappa shape index (κ2) is 5.15. The zero-order valence-corrected chi connectivity index (χ0v) is 9.02. The molecule has 1 saturated carbocycles. The minimum Gasteiger partial charge on any atom is -0.393 e. The molecule has 4 heteroatoms. The Morgan fingerprint density at radius 1 is 1.73 bits per heavy atom. The Morgan fingerprint density at radius 3 is 2.80 bits per heavy atom. The molecule has 1 fully saturated rings. The normalized spacial score (nSPS) is 26.3. The molecule has 1 aliphatic rings. The predicted octanol–water partition coefficient (Wildman–Crippen LogP) is -0.434. The standard InChI is InChI=1S/C11H18N2O2/c1-3-4-10(12)11(15)13(2)7-8-5-9(14)6-8/h1,8-10,14H,4-7,12H2,2H3. The summed E-state index contributed by atoms with van der Waals surface area (Å²) in [6.07, 6.45) is 6.74. The molecule has 0 spiro atoms. The van der Waals surface area contributed by atoms with Crippen LogP contribution in [0.5, 0.6) is 0 Å². The molecular formula is C11H18N2O2. The molecule has 0 saturated heterocycles. The fourth-order valence-electron chi connectivity index (χ4n) is 1.82. The molecule has 1 unspecified atom stereocenters. The van der Waals surface area contributed by atoms with Crippen molar-refractivity contribution in [2.45, 2.75) is 31.4 Å². The third-order valence-corrected chi connectivity index (χ3v) is 2.77. The number of hydrogen-bond acceptors (Lipinski definition) is 3. The van der Waals surface area contributed by atoms with Crippen LogP contribution >= 0.6 is 0 Å². The lowest BCUT2D eigenvalue weighted by molar-refractivity contribution is -0.132. The second-order valence-corrected chi connectivity index (χ2v) is 4.22. The van der Waals surface area contributed by atoms with E-state index in [1.54, 1.807) is 11.9 Å². The number of aliphatic hydroxyl groups excluding tert-OH is 1. The lowest BCUT2D eigenvalue weighted by Crippen LogP contribution is -2.46. The quantitative estimate of drug-likeness (QED) is 0.619. The van der Waals surface area contributed by atoms with Gasteiger partial charge in [0, 0.05) is 20.0 Å². The third-order valence-electron chi connectivity index (χ3n) is 2.77. The number of hydrogen-bond donors (Lipinski definition) is 2. The van der Waals surface area contributed by atoms with Crippen molar-refractivity contribution >= 4 is 5.91 Å². The smallest absolute Gasteiger partial charge is 0.240 e. The Balaban J connectivity index is 2.30. The molecule has 0 bridgehead atoms. The minimum absolute atomic E-state index is 0.116. The van der Waals surface area contributed by atoms with E-state index in [1.807, 2.05) is 0 Å². The van der Waals surface area contributed by atoms with Gasteiger partial charge in [0.1, 0.15) is 0 Å². The van der Waals surface area contributed by atoms with Crippen LogP contribution < -0.4 is 5.73 Å². The summed E-state index contributed by atoms with van der Waals surface area (Å²) in [6.45, 7) is 0.661. The van der Waals surface area contributed by atoms with E-state index in [-0.39, 0.29) is 18.4 Å². The maximum absolute atomic E-state index is 11.6. The molecular weight excluding hydrogens is 192 g/mol. The number of carbonyl (C=O) groups is 1. The first-order valence-electron chi connectivity index (χ1n) is 5.16. The van der Waals surface area contributed by atoms with Gasteiger partial charge in [0.2, 0.25) is 5.91 Å². The van der Waals surface area contributed by atoms with Crippen molar-refractivity contribution in [1.82, 2.24) is 4.90 Å². The highest BCUT2D eigenvalue weighted by Crippen LogP contribution is 2.27. The van der Waals surface area contributed by atoms with Crippen LogP contribution in [0, 0.1) is 18.3 Å². The Bertz CT molecular complexity index is 266. The second-order valence-electron chi connectivity index (χ2n) is 4.22.